The molecule has 1 N–H and O–H groups in total. The number of imide groups is 1. The molecule has 0 aliphatic carbocycles. The minimum absolute atomic E-state index is 0.262. The summed E-state index contributed by atoms with van der Waals surface area (Å²) in [6.45, 7) is 4.44. The van der Waals surface area contributed by atoms with Crippen LogP contribution in [0.5, 0.6) is 0 Å². The van der Waals surface area contributed by atoms with Crippen LogP contribution < -0.4 is 5.32 Å². The molecule has 0 saturated heterocycles. The molecule has 0 spiro atoms. The first kappa shape index (κ1) is 16.0. The number of aryl methyl sites for hydroxylation is 2. The predicted octanol–water partition coefficient (Wildman–Crippen LogP) is 3.21. The third-order valence-corrected chi connectivity index (χ3v) is 4.26. The maximum Gasteiger partial charge on any atom is 0.277 e. The van der Waals surface area contributed by atoms with Crippen LogP contribution in [0.25, 0.3) is 0 Å². The average Bonchev–Trinajstić information content (AvgIpc) is 2.84. The number of hydrogen-bond acceptors (Lipinski definition) is 3. The summed E-state index contributed by atoms with van der Waals surface area (Å²) in [7, 11) is 0. The lowest BCUT2D eigenvalue weighted by molar-refractivity contribution is -0.137. The molecule has 122 valence electrons. The molecule has 0 unspecified atom stereocenters. The minimum atomic E-state index is -0.269. The number of nitrogens with zero attached hydrogens (tertiary/aromatic N) is 1. The maximum absolute atomic E-state index is 12.5. The van der Waals surface area contributed by atoms with Crippen molar-refractivity contribution in [3.05, 3.63) is 77.0 Å². The van der Waals surface area contributed by atoms with Crippen LogP contribution in [0.3, 0.4) is 0 Å². The molecule has 0 saturated carbocycles. The van der Waals surface area contributed by atoms with Gasteiger partial charge in [-0.3, -0.25) is 14.5 Å². The van der Waals surface area contributed by atoms with Crippen molar-refractivity contribution in [2.24, 2.45) is 0 Å². The monoisotopic (exact) mass is 320 g/mol. The lowest BCUT2D eigenvalue weighted by Gasteiger charge is -2.15. The molecule has 2 amide bonds. The normalized spacial score (nSPS) is 14.1. The van der Waals surface area contributed by atoms with Crippen LogP contribution in [0.4, 0.5) is 5.69 Å². The van der Waals surface area contributed by atoms with E-state index in [2.05, 4.69) is 5.32 Å². The van der Waals surface area contributed by atoms with Crippen molar-refractivity contribution in [3.63, 3.8) is 0 Å². The third-order valence-electron chi connectivity index (χ3n) is 4.26. The number of amides is 2. The zero-order chi connectivity index (χ0) is 17.1. The van der Waals surface area contributed by atoms with Gasteiger partial charge in [0.25, 0.3) is 11.8 Å². The van der Waals surface area contributed by atoms with E-state index in [4.69, 9.17) is 0 Å². The van der Waals surface area contributed by atoms with Gasteiger partial charge in [-0.2, -0.15) is 0 Å². The number of carbonyl (C=O) groups excluding carboxylic acids is 2. The Morgan fingerprint density at radius 3 is 2.42 bits per heavy atom. The highest BCUT2D eigenvalue weighted by Crippen LogP contribution is 2.20. The van der Waals surface area contributed by atoms with Gasteiger partial charge >= 0.3 is 0 Å². The summed E-state index contributed by atoms with van der Waals surface area (Å²) in [5.41, 5.74) is 4.58. The molecule has 4 nitrogen and oxygen atoms in total. The Labute approximate surface area is 141 Å². The quantitative estimate of drug-likeness (QED) is 0.861. The molecule has 2 aromatic rings. The summed E-state index contributed by atoms with van der Waals surface area (Å²) in [5.74, 6) is -0.531. The Morgan fingerprint density at radius 1 is 0.958 bits per heavy atom. The smallest absolute Gasteiger partial charge is 0.277 e. The summed E-state index contributed by atoms with van der Waals surface area (Å²) in [5, 5.41) is 3.07. The molecule has 24 heavy (non-hydrogen) atoms. The summed E-state index contributed by atoms with van der Waals surface area (Å²) in [6, 6.07) is 15.7. The van der Waals surface area contributed by atoms with E-state index in [1.54, 1.807) is 0 Å². The van der Waals surface area contributed by atoms with Gasteiger partial charge in [-0.25, -0.2) is 0 Å². The second-order valence-electron chi connectivity index (χ2n) is 6.01. The highest BCUT2D eigenvalue weighted by molar-refractivity contribution is 6.17. The van der Waals surface area contributed by atoms with E-state index >= 15 is 0 Å². The maximum atomic E-state index is 12.5. The zero-order valence-corrected chi connectivity index (χ0v) is 13.9. The predicted molar refractivity (Wildman–Crippen MR) is 94.5 cm³/mol. The summed E-state index contributed by atoms with van der Waals surface area (Å²) in [6.07, 6.45) is 2.03. The molecule has 0 bridgehead atoms. The molecule has 0 radical (unpaired) electrons. The van der Waals surface area contributed by atoms with Crippen LogP contribution in [0.1, 0.15) is 16.7 Å². The number of anilines is 1. The van der Waals surface area contributed by atoms with Crippen molar-refractivity contribution in [3.8, 4) is 0 Å². The van der Waals surface area contributed by atoms with Crippen LogP contribution in [0.15, 0.2) is 60.3 Å². The van der Waals surface area contributed by atoms with Gasteiger partial charge in [-0.1, -0.05) is 36.4 Å². The van der Waals surface area contributed by atoms with Crippen LogP contribution in [0, 0.1) is 13.8 Å². The van der Waals surface area contributed by atoms with Crippen LogP contribution in [-0.4, -0.2) is 23.3 Å². The Balaban J connectivity index is 1.66. The van der Waals surface area contributed by atoms with Gasteiger partial charge < -0.3 is 5.32 Å². The topological polar surface area (TPSA) is 49.4 Å². The fourth-order valence-corrected chi connectivity index (χ4v) is 2.67. The van der Waals surface area contributed by atoms with Gasteiger partial charge in [0.2, 0.25) is 0 Å². The molecular formula is C20H20N2O2. The molecular weight excluding hydrogens is 300 g/mol. The van der Waals surface area contributed by atoms with Crippen LogP contribution >= 0.6 is 0 Å². The first-order valence-corrected chi connectivity index (χ1v) is 8.00. The fourth-order valence-electron chi connectivity index (χ4n) is 2.67. The first-order valence-electron chi connectivity index (χ1n) is 8.00. The Bertz CT molecular complexity index is 810. The van der Waals surface area contributed by atoms with Crippen molar-refractivity contribution >= 4 is 17.5 Å². The molecule has 1 heterocycles. The van der Waals surface area contributed by atoms with E-state index in [1.165, 1.54) is 16.5 Å². The lowest BCUT2D eigenvalue weighted by Crippen LogP contribution is -2.33. The zero-order valence-electron chi connectivity index (χ0n) is 13.9. The minimum Gasteiger partial charge on any atom is -0.351 e. The largest absolute Gasteiger partial charge is 0.351 e. The number of hydrogen-bond donors (Lipinski definition) is 1. The summed E-state index contributed by atoms with van der Waals surface area (Å²) < 4.78 is 0. The van der Waals surface area contributed by atoms with E-state index < -0.39 is 0 Å². The molecule has 4 heteroatoms. The van der Waals surface area contributed by atoms with E-state index in [0.29, 0.717) is 18.7 Å². The Kier molecular flexibility index (Phi) is 4.47. The summed E-state index contributed by atoms with van der Waals surface area (Å²) in [4.78, 5) is 25.9. The Hall–Kier alpha value is -2.88. The number of carbonyl (C=O) groups is 2. The SMILES string of the molecule is Cc1ccc(NC2=CC(=O)N(CCc3ccccc3)C2=O)cc1C. The van der Waals surface area contributed by atoms with Gasteiger partial charge in [0, 0.05) is 18.3 Å². The first-order chi connectivity index (χ1) is 11.5. The third kappa shape index (κ3) is 3.38. The van der Waals surface area contributed by atoms with Crippen molar-refractivity contribution in [1.82, 2.24) is 4.90 Å². The van der Waals surface area contributed by atoms with E-state index in [1.807, 2.05) is 62.4 Å². The van der Waals surface area contributed by atoms with Gasteiger partial charge in [-0.15, -0.1) is 0 Å². The van der Waals surface area contributed by atoms with Gasteiger partial charge in [0.15, 0.2) is 0 Å². The number of nitrogens with one attached hydrogen (secondary N) is 1. The highest BCUT2D eigenvalue weighted by Gasteiger charge is 2.30. The van der Waals surface area contributed by atoms with Crippen molar-refractivity contribution < 1.29 is 9.59 Å². The second kappa shape index (κ2) is 6.71. The summed E-state index contributed by atoms with van der Waals surface area (Å²) >= 11 is 0. The Morgan fingerprint density at radius 2 is 1.71 bits per heavy atom. The number of benzene rings is 2. The standard InChI is InChI=1S/C20H20N2O2/c1-14-8-9-17(12-15(14)2)21-18-13-19(23)22(20(18)24)11-10-16-6-4-3-5-7-16/h3-9,12-13,21H,10-11H2,1-2H3. The lowest BCUT2D eigenvalue weighted by atomic mass is 10.1. The molecule has 3 rings (SSSR count). The van der Waals surface area contributed by atoms with Gasteiger partial charge in [0.1, 0.15) is 5.70 Å². The molecule has 0 atom stereocenters. The molecule has 1 aliphatic rings. The van der Waals surface area contributed by atoms with Crippen LogP contribution in [-0.2, 0) is 16.0 Å². The molecule has 1 aliphatic heterocycles. The van der Waals surface area contributed by atoms with E-state index in [9.17, 15) is 9.59 Å². The van der Waals surface area contributed by atoms with Crippen molar-refractivity contribution in [2.45, 2.75) is 20.3 Å². The van der Waals surface area contributed by atoms with Gasteiger partial charge in [0.05, 0.1) is 0 Å². The second-order valence-corrected chi connectivity index (χ2v) is 6.01. The van der Waals surface area contributed by atoms with E-state index in [-0.39, 0.29) is 11.8 Å². The molecule has 0 aromatic heterocycles. The molecule has 2 aromatic carbocycles. The van der Waals surface area contributed by atoms with Gasteiger partial charge in [-0.05, 0) is 49.1 Å². The number of rotatable bonds is 5. The fraction of sp³-hybridized carbons (Fsp3) is 0.200. The molecule has 0 fully saturated rings. The van der Waals surface area contributed by atoms with Crippen molar-refractivity contribution in [2.75, 3.05) is 11.9 Å². The average molecular weight is 320 g/mol. The highest BCUT2D eigenvalue weighted by atomic mass is 16.2. The van der Waals surface area contributed by atoms with E-state index in [0.717, 1.165) is 16.8 Å². The van der Waals surface area contributed by atoms with Crippen LogP contribution in [0.2, 0.25) is 0 Å². The van der Waals surface area contributed by atoms with Crippen molar-refractivity contribution in [1.29, 1.82) is 0 Å².